The van der Waals surface area contributed by atoms with Crippen molar-refractivity contribution in [1.29, 1.82) is 0 Å². The van der Waals surface area contributed by atoms with Crippen LogP contribution in [-0.4, -0.2) is 61.9 Å². The van der Waals surface area contributed by atoms with Crippen LogP contribution < -0.4 is 5.43 Å². The zero-order valence-electron chi connectivity index (χ0n) is 12.0. The lowest BCUT2D eigenvalue weighted by molar-refractivity contribution is -0.00472. The third-order valence-corrected chi connectivity index (χ3v) is 4.19. The maximum Gasteiger partial charge on any atom is 0.0608 e. The summed E-state index contributed by atoms with van der Waals surface area (Å²) < 4.78 is 5.39. The van der Waals surface area contributed by atoms with Gasteiger partial charge in [0.1, 0.15) is 0 Å². The van der Waals surface area contributed by atoms with Crippen molar-refractivity contribution in [3.8, 4) is 0 Å². The van der Waals surface area contributed by atoms with Crippen molar-refractivity contribution in [2.75, 3.05) is 45.9 Å². The Morgan fingerprint density at radius 2 is 2.06 bits per heavy atom. The van der Waals surface area contributed by atoms with Crippen LogP contribution >= 0.6 is 0 Å². The third kappa shape index (κ3) is 4.19. The topological polar surface area (TPSA) is 27.7 Å². The van der Waals surface area contributed by atoms with Gasteiger partial charge in [-0.05, 0) is 45.2 Å². The maximum atomic E-state index is 5.39. The van der Waals surface area contributed by atoms with E-state index in [9.17, 15) is 0 Å². The Bertz CT molecular complexity index is 229. The number of piperidine rings is 1. The van der Waals surface area contributed by atoms with E-state index < -0.39 is 0 Å². The van der Waals surface area contributed by atoms with Crippen LogP contribution in [0.15, 0.2) is 0 Å². The summed E-state index contributed by atoms with van der Waals surface area (Å²) >= 11 is 0. The van der Waals surface area contributed by atoms with E-state index in [2.05, 4.69) is 29.2 Å². The van der Waals surface area contributed by atoms with Gasteiger partial charge in [0.25, 0.3) is 0 Å². The Morgan fingerprint density at radius 3 is 2.78 bits per heavy atom. The fourth-order valence-electron chi connectivity index (χ4n) is 3.10. The van der Waals surface area contributed by atoms with Gasteiger partial charge in [-0.2, -0.15) is 0 Å². The van der Waals surface area contributed by atoms with Crippen molar-refractivity contribution in [3.63, 3.8) is 0 Å². The van der Waals surface area contributed by atoms with Gasteiger partial charge in [-0.1, -0.05) is 6.92 Å². The number of likely N-dealkylation sites (tertiary alicyclic amines) is 1. The van der Waals surface area contributed by atoms with Gasteiger partial charge in [0.05, 0.1) is 13.2 Å². The van der Waals surface area contributed by atoms with Gasteiger partial charge < -0.3 is 9.64 Å². The molecule has 0 amide bonds. The van der Waals surface area contributed by atoms with Gasteiger partial charge in [0, 0.05) is 25.7 Å². The molecule has 0 aliphatic carbocycles. The average Bonchev–Trinajstić information content (AvgIpc) is 2.40. The molecule has 2 heterocycles. The van der Waals surface area contributed by atoms with Crippen molar-refractivity contribution >= 4 is 0 Å². The van der Waals surface area contributed by atoms with E-state index >= 15 is 0 Å². The summed E-state index contributed by atoms with van der Waals surface area (Å²) in [7, 11) is 0. The molecule has 2 unspecified atom stereocenters. The number of nitrogens with one attached hydrogen (secondary N) is 1. The van der Waals surface area contributed by atoms with Gasteiger partial charge in [-0.25, -0.2) is 5.01 Å². The van der Waals surface area contributed by atoms with Crippen molar-refractivity contribution < 1.29 is 4.74 Å². The van der Waals surface area contributed by atoms with Crippen LogP contribution in [0.3, 0.4) is 0 Å². The van der Waals surface area contributed by atoms with Gasteiger partial charge in [-0.3, -0.25) is 5.43 Å². The molecule has 0 radical (unpaired) electrons. The zero-order chi connectivity index (χ0) is 12.8. The predicted octanol–water partition coefficient (Wildman–Crippen LogP) is 1.33. The first-order chi connectivity index (χ1) is 8.79. The van der Waals surface area contributed by atoms with Crippen molar-refractivity contribution in [2.45, 2.75) is 39.2 Å². The summed E-state index contributed by atoms with van der Waals surface area (Å²) in [6.07, 6.45) is 4.01. The highest BCUT2D eigenvalue weighted by molar-refractivity contribution is 4.80. The molecule has 0 saturated carbocycles. The smallest absolute Gasteiger partial charge is 0.0608 e. The Labute approximate surface area is 112 Å². The molecule has 0 spiro atoms. The predicted molar refractivity (Wildman–Crippen MR) is 74.4 cm³/mol. The van der Waals surface area contributed by atoms with Gasteiger partial charge in [-0.15, -0.1) is 0 Å². The summed E-state index contributed by atoms with van der Waals surface area (Å²) in [5.74, 6) is 0.799. The normalized spacial score (nSPS) is 29.3. The molecule has 2 rings (SSSR count). The minimum atomic E-state index is 0.586. The highest BCUT2D eigenvalue weighted by Crippen LogP contribution is 2.20. The van der Waals surface area contributed by atoms with E-state index in [1.165, 1.54) is 38.9 Å². The van der Waals surface area contributed by atoms with Gasteiger partial charge in [0.15, 0.2) is 0 Å². The molecule has 4 nitrogen and oxygen atoms in total. The van der Waals surface area contributed by atoms with Crippen LogP contribution in [0.2, 0.25) is 0 Å². The zero-order valence-corrected chi connectivity index (χ0v) is 12.0. The summed E-state index contributed by atoms with van der Waals surface area (Å²) in [5.41, 5.74) is 3.68. The first-order valence-electron chi connectivity index (χ1n) is 7.61. The lowest BCUT2D eigenvalue weighted by Crippen LogP contribution is -2.53. The Morgan fingerprint density at radius 1 is 1.28 bits per heavy atom. The summed E-state index contributed by atoms with van der Waals surface area (Å²) in [4.78, 5) is 2.63. The van der Waals surface area contributed by atoms with Crippen LogP contribution in [0.25, 0.3) is 0 Å². The minimum absolute atomic E-state index is 0.586. The number of rotatable bonds is 5. The Hall–Kier alpha value is -0.160. The Balaban J connectivity index is 1.74. The Kier molecular flexibility index (Phi) is 5.89. The highest BCUT2D eigenvalue weighted by atomic mass is 16.5. The second-order valence-electron chi connectivity index (χ2n) is 5.72. The molecular weight excluding hydrogens is 226 g/mol. The van der Waals surface area contributed by atoms with Gasteiger partial charge >= 0.3 is 0 Å². The number of hydrazine groups is 1. The first kappa shape index (κ1) is 14.3. The quantitative estimate of drug-likeness (QED) is 0.802. The van der Waals surface area contributed by atoms with E-state index in [4.69, 9.17) is 4.74 Å². The molecule has 0 bridgehead atoms. The number of nitrogens with zero attached hydrogens (tertiary/aromatic N) is 2. The third-order valence-electron chi connectivity index (χ3n) is 4.19. The summed E-state index contributed by atoms with van der Waals surface area (Å²) in [6.45, 7) is 12.2. The molecule has 2 fully saturated rings. The molecule has 2 aliphatic heterocycles. The molecule has 0 aromatic carbocycles. The van der Waals surface area contributed by atoms with Crippen LogP contribution in [0, 0.1) is 5.92 Å². The molecule has 106 valence electrons. The van der Waals surface area contributed by atoms with Crippen LogP contribution in [-0.2, 0) is 4.74 Å². The molecule has 1 N–H and O–H groups in total. The van der Waals surface area contributed by atoms with E-state index in [0.717, 1.165) is 32.2 Å². The molecule has 2 atom stereocenters. The molecular formula is C14H29N3O. The fraction of sp³-hybridized carbons (Fsp3) is 1.00. The molecule has 2 saturated heterocycles. The van der Waals surface area contributed by atoms with Crippen LogP contribution in [0.1, 0.15) is 33.1 Å². The molecule has 18 heavy (non-hydrogen) atoms. The largest absolute Gasteiger partial charge is 0.379 e. The van der Waals surface area contributed by atoms with Crippen LogP contribution in [0.4, 0.5) is 0 Å². The lowest BCUT2D eigenvalue weighted by Gasteiger charge is -2.38. The first-order valence-corrected chi connectivity index (χ1v) is 7.61. The number of hydrogen-bond donors (Lipinski definition) is 1. The number of hydrogen-bond acceptors (Lipinski definition) is 4. The number of ether oxygens (including phenoxy) is 1. The summed E-state index contributed by atoms with van der Waals surface area (Å²) in [6, 6.07) is 0.586. The second kappa shape index (κ2) is 7.43. The molecule has 0 aromatic heterocycles. The van der Waals surface area contributed by atoms with Crippen molar-refractivity contribution in [3.05, 3.63) is 0 Å². The van der Waals surface area contributed by atoms with E-state index in [0.29, 0.717) is 6.04 Å². The van der Waals surface area contributed by atoms with Gasteiger partial charge in [0.2, 0.25) is 0 Å². The average molecular weight is 255 g/mol. The van der Waals surface area contributed by atoms with E-state index in [1.54, 1.807) is 0 Å². The van der Waals surface area contributed by atoms with Crippen molar-refractivity contribution in [2.24, 2.45) is 5.92 Å². The highest BCUT2D eigenvalue weighted by Gasteiger charge is 2.25. The fourth-order valence-corrected chi connectivity index (χ4v) is 3.10. The molecule has 2 aliphatic rings. The SMILES string of the molecule is CCCN1CCCC(C(C)NN2CCOCC2)C1. The van der Waals surface area contributed by atoms with E-state index in [-0.39, 0.29) is 0 Å². The van der Waals surface area contributed by atoms with E-state index in [1.807, 2.05) is 0 Å². The lowest BCUT2D eigenvalue weighted by atomic mass is 9.92. The number of morpholine rings is 1. The molecule has 4 heteroatoms. The van der Waals surface area contributed by atoms with Crippen LogP contribution in [0.5, 0.6) is 0 Å². The molecule has 0 aromatic rings. The standard InChI is InChI=1S/C14H29N3O/c1-3-6-16-7-4-5-14(12-16)13(2)15-17-8-10-18-11-9-17/h13-15H,3-12H2,1-2H3. The monoisotopic (exact) mass is 255 g/mol. The maximum absolute atomic E-state index is 5.39. The van der Waals surface area contributed by atoms with Crippen molar-refractivity contribution in [1.82, 2.24) is 15.3 Å². The minimum Gasteiger partial charge on any atom is -0.379 e. The summed E-state index contributed by atoms with van der Waals surface area (Å²) in [5, 5.41) is 2.34. The second-order valence-corrected chi connectivity index (χ2v) is 5.72.